The molecule has 2 heterocycles. The molecule has 0 aromatic heterocycles. The van der Waals surface area contributed by atoms with Crippen LogP contribution in [0.4, 0.5) is 0 Å². The number of rotatable bonds is 6. The Morgan fingerprint density at radius 3 is 2.84 bits per heavy atom. The van der Waals surface area contributed by atoms with Crippen LogP contribution < -0.4 is 0 Å². The second-order valence-corrected chi connectivity index (χ2v) is 7.58. The van der Waals surface area contributed by atoms with E-state index in [0.717, 1.165) is 50.9 Å². The number of ether oxygens (including phenoxy) is 2. The van der Waals surface area contributed by atoms with Crippen LogP contribution in [0.2, 0.25) is 10.0 Å². The first-order valence-corrected chi connectivity index (χ1v) is 9.85. The Kier molecular flexibility index (Phi) is 7.00. The maximum Gasteiger partial charge on any atom is 0.222 e. The van der Waals surface area contributed by atoms with Gasteiger partial charge in [0.05, 0.1) is 16.7 Å². The lowest BCUT2D eigenvalue weighted by atomic mass is 9.90. The van der Waals surface area contributed by atoms with Gasteiger partial charge in [0.25, 0.3) is 0 Å². The van der Waals surface area contributed by atoms with Crippen LogP contribution in [0.25, 0.3) is 0 Å². The second kappa shape index (κ2) is 9.22. The van der Waals surface area contributed by atoms with Gasteiger partial charge in [-0.25, -0.2) is 0 Å². The summed E-state index contributed by atoms with van der Waals surface area (Å²) in [5.41, 5.74) is 1.15. The van der Waals surface area contributed by atoms with Gasteiger partial charge in [-0.2, -0.15) is 0 Å². The Labute approximate surface area is 159 Å². The molecule has 2 aliphatic heterocycles. The number of nitrogens with zero attached hydrogens (tertiary/aromatic N) is 1. The standard InChI is InChI=1S/C19H25Cl2NO3/c20-16-7-5-14(12-17(16)21)15-6-8-18(23)22(13-15)9-3-11-25-19-4-1-2-10-24-19/h5,7,12,15,19H,1-4,6,8-11,13H2. The summed E-state index contributed by atoms with van der Waals surface area (Å²) in [5, 5.41) is 1.14. The summed E-state index contributed by atoms with van der Waals surface area (Å²) < 4.78 is 11.3. The minimum Gasteiger partial charge on any atom is -0.353 e. The van der Waals surface area contributed by atoms with E-state index in [2.05, 4.69) is 0 Å². The molecule has 0 aliphatic carbocycles. The lowest BCUT2D eigenvalue weighted by Crippen LogP contribution is -2.40. The minimum absolute atomic E-state index is 0.0604. The average Bonchev–Trinajstić information content (AvgIpc) is 2.63. The highest BCUT2D eigenvalue weighted by Gasteiger charge is 2.26. The molecule has 6 heteroatoms. The molecule has 2 unspecified atom stereocenters. The van der Waals surface area contributed by atoms with Gasteiger partial charge in [-0.05, 0) is 49.8 Å². The summed E-state index contributed by atoms with van der Waals surface area (Å²) in [6.45, 7) is 2.88. The lowest BCUT2D eigenvalue weighted by Gasteiger charge is -2.33. The molecule has 138 valence electrons. The van der Waals surface area contributed by atoms with E-state index in [4.69, 9.17) is 32.7 Å². The van der Waals surface area contributed by atoms with Crippen LogP contribution in [0.3, 0.4) is 0 Å². The highest BCUT2D eigenvalue weighted by molar-refractivity contribution is 6.42. The summed E-state index contributed by atoms with van der Waals surface area (Å²) in [6.07, 6.45) is 5.48. The third kappa shape index (κ3) is 5.33. The maximum absolute atomic E-state index is 12.2. The molecular weight excluding hydrogens is 361 g/mol. The van der Waals surface area contributed by atoms with Gasteiger partial charge in [0, 0.05) is 32.0 Å². The van der Waals surface area contributed by atoms with Crippen LogP contribution >= 0.6 is 23.2 Å². The van der Waals surface area contributed by atoms with Crippen molar-refractivity contribution in [2.24, 2.45) is 0 Å². The minimum atomic E-state index is -0.0604. The number of halogens is 2. The first-order valence-electron chi connectivity index (χ1n) is 9.09. The predicted octanol–water partition coefficient (Wildman–Crippen LogP) is 4.63. The zero-order chi connectivity index (χ0) is 17.6. The van der Waals surface area contributed by atoms with Crippen LogP contribution in [-0.4, -0.2) is 43.4 Å². The molecule has 25 heavy (non-hydrogen) atoms. The highest BCUT2D eigenvalue weighted by Crippen LogP contribution is 2.32. The molecule has 0 bridgehead atoms. The number of carbonyl (C=O) groups excluding carboxylic acids is 1. The van der Waals surface area contributed by atoms with Gasteiger partial charge < -0.3 is 14.4 Å². The van der Waals surface area contributed by atoms with Crippen molar-refractivity contribution in [3.05, 3.63) is 33.8 Å². The van der Waals surface area contributed by atoms with E-state index < -0.39 is 0 Å². The van der Waals surface area contributed by atoms with Crippen LogP contribution in [0, 0.1) is 0 Å². The summed E-state index contributed by atoms with van der Waals surface area (Å²) in [7, 11) is 0. The van der Waals surface area contributed by atoms with E-state index in [9.17, 15) is 4.79 Å². The van der Waals surface area contributed by atoms with Crippen molar-refractivity contribution in [1.29, 1.82) is 0 Å². The molecule has 1 aromatic carbocycles. The molecule has 2 aliphatic rings. The van der Waals surface area contributed by atoms with Crippen LogP contribution in [-0.2, 0) is 14.3 Å². The monoisotopic (exact) mass is 385 g/mol. The Hall–Kier alpha value is -0.810. The van der Waals surface area contributed by atoms with Gasteiger partial charge in [0.15, 0.2) is 6.29 Å². The summed E-state index contributed by atoms with van der Waals surface area (Å²) in [5.74, 6) is 0.542. The predicted molar refractivity (Wildman–Crippen MR) is 99.2 cm³/mol. The molecule has 2 fully saturated rings. The Morgan fingerprint density at radius 1 is 1.20 bits per heavy atom. The van der Waals surface area contributed by atoms with Gasteiger partial charge in [0.1, 0.15) is 0 Å². The fourth-order valence-electron chi connectivity index (χ4n) is 3.48. The summed E-state index contributed by atoms with van der Waals surface area (Å²) >= 11 is 12.1. The summed E-state index contributed by atoms with van der Waals surface area (Å²) in [4.78, 5) is 14.1. The Balaban J connectivity index is 1.47. The van der Waals surface area contributed by atoms with Gasteiger partial charge in [0.2, 0.25) is 5.91 Å². The SMILES string of the molecule is O=C1CCC(c2ccc(Cl)c(Cl)c2)CN1CCCOC1CCCCO1. The Bertz CT molecular complexity index is 590. The third-order valence-corrected chi connectivity index (χ3v) is 5.67. The normalized spacial score (nSPS) is 24.6. The number of likely N-dealkylation sites (tertiary alicyclic amines) is 1. The molecule has 2 atom stereocenters. The second-order valence-electron chi connectivity index (χ2n) is 6.77. The van der Waals surface area contributed by atoms with Crippen molar-refractivity contribution in [2.75, 3.05) is 26.3 Å². The van der Waals surface area contributed by atoms with E-state index in [1.165, 1.54) is 6.42 Å². The number of benzene rings is 1. The van der Waals surface area contributed by atoms with Gasteiger partial charge in [-0.1, -0.05) is 29.3 Å². The fraction of sp³-hybridized carbons (Fsp3) is 0.632. The van der Waals surface area contributed by atoms with Crippen molar-refractivity contribution in [3.63, 3.8) is 0 Å². The molecule has 4 nitrogen and oxygen atoms in total. The molecule has 0 spiro atoms. The number of hydrogen-bond acceptors (Lipinski definition) is 3. The molecule has 3 rings (SSSR count). The topological polar surface area (TPSA) is 38.8 Å². The van der Waals surface area contributed by atoms with Crippen molar-refractivity contribution < 1.29 is 14.3 Å². The molecule has 1 aromatic rings. The van der Waals surface area contributed by atoms with Crippen LogP contribution in [0.1, 0.15) is 50.0 Å². The molecule has 0 N–H and O–H groups in total. The first kappa shape index (κ1) is 19.0. The molecule has 0 radical (unpaired) electrons. The van der Waals surface area contributed by atoms with Crippen molar-refractivity contribution >= 4 is 29.1 Å². The van der Waals surface area contributed by atoms with Crippen LogP contribution in [0.15, 0.2) is 18.2 Å². The average molecular weight is 386 g/mol. The van der Waals surface area contributed by atoms with Crippen LogP contribution in [0.5, 0.6) is 0 Å². The third-order valence-electron chi connectivity index (χ3n) is 4.93. The summed E-state index contributed by atoms with van der Waals surface area (Å²) in [6, 6.07) is 5.76. The van der Waals surface area contributed by atoms with Gasteiger partial charge >= 0.3 is 0 Å². The molecule has 0 saturated carbocycles. The quantitative estimate of drug-likeness (QED) is 0.669. The van der Waals surface area contributed by atoms with Crippen molar-refractivity contribution in [3.8, 4) is 0 Å². The zero-order valence-electron chi connectivity index (χ0n) is 14.4. The van der Waals surface area contributed by atoms with Gasteiger partial charge in [-0.3, -0.25) is 4.79 Å². The molecule has 2 saturated heterocycles. The van der Waals surface area contributed by atoms with E-state index in [1.807, 2.05) is 23.1 Å². The number of hydrogen-bond donors (Lipinski definition) is 0. The van der Waals surface area contributed by atoms with Crippen molar-refractivity contribution in [2.45, 2.75) is 50.7 Å². The van der Waals surface area contributed by atoms with E-state index in [0.29, 0.717) is 29.0 Å². The zero-order valence-corrected chi connectivity index (χ0v) is 15.9. The molecular formula is C19H25Cl2NO3. The van der Waals surface area contributed by atoms with E-state index >= 15 is 0 Å². The first-order chi connectivity index (χ1) is 12.1. The lowest BCUT2D eigenvalue weighted by molar-refractivity contribution is -0.163. The smallest absolute Gasteiger partial charge is 0.222 e. The highest BCUT2D eigenvalue weighted by atomic mass is 35.5. The number of carbonyl (C=O) groups is 1. The molecule has 1 amide bonds. The van der Waals surface area contributed by atoms with E-state index in [-0.39, 0.29) is 12.2 Å². The maximum atomic E-state index is 12.2. The number of amides is 1. The number of piperidine rings is 1. The largest absolute Gasteiger partial charge is 0.353 e. The van der Waals surface area contributed by atoms with Gasteiger partial charge in [-0.15, -0.1) is 0 Å². The fourth-order valence-corrected chi connectivity index (χ4v) is 3.79. The van der Waals surface area contributed by atoms with Crippen molar-refractivity contribution in [1.82, 2.24) is 4.90 Å². The van der Waals surface area contributed by atoms with E-state index in [1.54, 1.807) is 0 Å². The Morgan fingerprint density at radius 2 is 2.08 bits per heavy atom.